The Hall–Kier alpha value is -1.10. The monoisotopic (exact) mass is 254 g/mol. The van der Waals surface area contributed by atoms with E-state index in [9.17, 15) is 9.59 Å². The quantitative estimate of drug-likeness (QED) is 0.765. The van der Waals surface area contributed by atoms with Crippen molar-refractivity contribution >= 4 is 11.9 Å². The van der Waals surface area contributed by atoms with Crippen molar-refractivity contribution in [3.63, 3.8) is 0 Å². The first-order chi connectivity index (χ1) is 8.56. The zero-order valence-corrected chi connectivity index (χ0v) is 10.8. The van der Waals surface area contributed by atoms with Crippen molar-refractivity contribution in [1.82, 2.24) is 4.90 Å². The second-order valence-electron chi connectivity index (χ2n) is 5.47. The third-order valence-corrected chi connectivity index (χ3v) is 4.29. The van der Waals surface area contributed by atoms with Gasteiger partial charge in [-0.25, -0.2) is 0 Å². The molecule has 18 heavy (non-hydrogen) atoms. The van der Waals surface area contributed by atoms with Gasteiger partial charge in [-0.05, 0) is 25.7 Å². The summed E-state index contributed by atoms with van der Waals surface area (Å²) in [7, 11) is 0. The van der Waals surface area contributed by atoms with Crippen LogP contribution in [0.15, 0.2) is 0 Å². The average Bonchev–Trinajstić information content (AvgIpc) is 2.92. The van der Waals surface area contributed by atoms with E-state index in [1.54, 1.807) is 4.90 Å². The van der Waals surface area contributed by atoms with Gasteiger partial charge in [-0.15, -0.1) is 0 Å². The number of aliphatic carboxylic acids is 1. The summed E-state index contributed by atoms with van der Waals surface area (Å²) >= 11 is 0. The van der Waals surface area contributed by atoms with Crippen molar-refractivity contribution in [2.24, 2.45) is 11.7 Å². The fourth-order valence-corrected chi connectivity index (χ4v) is 3.34. The number of hydrogen-bond donors (Lipinski definition) is 2. The molecule has 1 amide bonds. The first kappa shape index (κ1) is 13.3. The van der Waals surface area contributed by atoms with Gasteiger partial charge in [0.1, 0.15) is 0 Å². The number of unbranched alkanes of at least 4 members (excludes halogenated alkanes) is 1. The van der Waals surface area contributed by atoms with Crippen molar-refractivity contribution in [2.75, 3.05) is 0 Å². The summed E-state index contributed by atoms with van der Waals surface area (Å²) in [4.78, 5) is 25.2. The van der Waals surface area contributed by atoms with Gasteiger partial charge < -0.3 is 15.7 Å². The van der Waals surface area contributed by atoms with Gasteiger partial charge >= 0.3 is 5.97 Å². The summed E-state index contributed by atoms with van der Waals surface area (Å²) in [5.41, 5.74) is 5.92. The fraction of sp³-hybridized carbons (Fsp3) is 0.846. The van der Waals surface area contributed by atoms with Gasteiger partial charge in [0.25, 0.3) is 0 Å². The van der Waals surface area contributed by atoms with Gasteiger partial charge in [0.2, 0.25) is 5.91 Å². The predicted molar refractivity (Wildman–Crippen MR) is 66.9 cm³/mol. The molecule has 102 valence electrons. The number of hydrogen-bond acceptors (Lipinski definition) is 3. The molecule has 2 aliphatic rings. The van der Waals surface area contributed by atoms with Crippen LogP contribution in [0.3, 0.4) is 0 Å². The van der Waals surface area contributed by atoms with Crippen LogP contribution >= 0.6 is 0 Å². The zero-order valence-electron chi connectivity index (χ0n) is 10.8. The number of carbonyl (C=O) groups excluding carboxylic acids is 1. The highest BCUT2D eigenvalue weighted by molar-refractivity contribution is 5.84. The Morgan fingerprint density at radius 3 is 2.72 bits per heavy atom. The molecule has 2 saturated heterocycles. The van der Waals surface area contributed by atoms with Crippen molar-refractivity contribution in [1.29, 1.82) is 0 Å². The Kier molecular flexibility index (Phi) is 3.90. The standard InChI is InChI=1S/C13H22N2O3/c1-2-3-4-10(14)12(16)15-8-5-6-11(15)9(7-8)13(17)18/h8-11H,2-7,14H2,1H3,(H,17,18). The second-order valence-corrected chi connectivity index (χ2v) is 5.47. The molecule has 0 aromatic heterocycles. The van der Waals surface area contributed by atoms with Crippen LogP contribution in [0.2, 0.25) is 0 Å². The average molecular weight is 254 g/mol. The molecular weight excluding hydrogens is 232 g/mol. The number of rotatable bonds is 5. The van der Waals surface area contributed by atoms with Crippen LogP contribution in [0.25, 0.3) is 0 Å². The highest BCUT2D eigenvalue weighted by Crippen LogP contribution is 2.42. The SMILES string of the molecule is CCCCC(N)C(=O)N1C2CCC1C(C(=O)O)C2. The third kappa shape index (κ3) is 2.23. The number of carboxylic acid groups (broad SMARTS) is 1. The Bertz CT molecular complexity index is 345. The highest BCUT2D eigenvalue weighted by Gasteiger charge is 2.51. The highest BCUT2D eigenvalue weighted by atomic mass is 16.4. The smallest absolute Gasteiger partial charge is 0.308 e. The molecule has 4 atom stereocenters. The Balaban J connectivity index is 2.01. The minimum Gasteiger partial charge on any atom is -0.481 e. The van der Waals surface area contributed by atoms with Crippen molar-refractivity contribution < 1.29 is 14.7 Å². The lowest BCUT2D eigenvalue weighted by Gasteiger charge is -2.26. The first-order valence-electron chi connectivity index (χ1n) is 6.86. The molecule has 0 aromatic carbocycles. The summed E-state index contributed by atoms with van der Waals surface area (Å²) in [5.74, 6) is -1.20. The molecule has 2 rings (SSSR count). The fourth-order valence-electron chi connectivity index (χ4n) is 3.34. The minimum absolute atomic E-state index is 0.0419. The maximum atomic E-state index is 12.3. The van der Waals surface area contributed by atoms with E-state index < -0.39 is 12.0 Å². The maximum absolute atomic E-state index is 12.3. The lowest BCUT2D eigenvalue weighted by molar-refractivity contribution is -0.143. The number of carbonyl (C=O) groups is 2. The molecule has 5 nitrogen and oxygen atoms in total. The van der Waals surface area contributed by atoms with Crippen LogP contribution in [-0.2, 0) is 9.59 Å². The largest absolute Gasteiger partial charge is 0.481 e. The molecule has 2 aliphatic heterocycles. The first-order valence-corrected chi connectivity index (χ1v) is 6.86. The molecule has 2 bridgehead atoms. The molecule has 0 spiro atoms. The number of nitrogens with two attached hydrogens (primary N) is 1. The minimum atomic E-state index is -0.776. The summed E-state index contributed by atoms with van der Waals surface area (Å²) < 4.78 is 0. The molecular formula is C13H22N2O3. The predicted octanol–water partition coefficient (Wildman–Crippen LogP) is 0.968. The van der Waals surface area contributed by atoms with Crippen LogP contribution in [0.4, 0.5) is 0 Å². The van der Waals surface area contributed by atoms with E-state index in [4.69, 9.17) is 10.8 Å². The third-order valence-electron chi connectivity index (χ3n) is 4.29. The van der Waals surface area contributed by atoms with E-state index in [0.717, 1.165) is 25.7 Å². The van der Waals surface area contributed by atoms with E-state index in [1.165, 1.54) is 0 Å². The summed E-state index contributed by atoms with van der Waals surface area (Å²) in [6, 6.07) is -0.468. The van der Waals surface area contributed by atoms with Gasteiger partial charge in [0.15, 0.2) is 0 Å². The molecule has 5 heteroatoms. The van der Waals surface area contributed by atoms with Gasteiger partial charge in [0, 0.05) is 12.1 Å². The Labute approximate surface area is 107 Å². The van der Waals surface area contributed by atoms with Crippen molar-refractivity contribution in [3.8, 4) is 0 Å². The number of carboxylic acids is 1. The summed E-state index contributed by atoms with van der Waals surface area (Å²) in [5, 5.41) is 9.15. The molecule has 2 fully saturated rings. The van der Waals surface area contributed by atoms with Crippen LogP contribution < -0.4 is 5.73 Å². The molecule has 2 heterocycles. The molecule has 3 N–H and O–H groups in total. The Morgan fingerprint density at radius 2 is 2.17 bits per heavy atom. The van der Waals surface area contributed by atoms with E-state index in [1.807, 2.05) is 0 Å². The second kappa shape index (κ2) is 5.26. The van der Waals surface area contributed by atoms with E-state index in [0.29, 0.717) is 12.8 Å². The van der Waals surface area contributed by atoms with Gasteiger partial charge in [0.05, 0.1) is 12.0 Å². The summed E-state index contributed by atoms with van der Waals surface area (Å²) in [6.07, 6.45) is 5.01. The van der Waals surface area contributed by atoms with Crippen molar-refractivity contribution in [3.05, 3.63) is 0 Å². The van der Waals surface area contributed by atoms with Gasteiger partial charge in [-0.1, -0.05) is 19.8 Å². The molecule has 0 radical (unpaired) electrons. The normalized spacial score (nSPS) is 31.7. The number of amides is 1. The van der Waals surface area contributed by atoms with Crippen LogP contribution in [-0.4, -0.2) is 40.0 Å². The number of fused-ring (bicyclic) bond motifs is 2. The van der Waals surface area contributed by atoms with Gasteiger partial charge in [-0.2, -0.15) is 0 Å². The van der Waals surface area contributed by atoms with E-state index in [-0.39, 0.29) is 23.9 Å². The Morgan fingerprint density at radius 1 is 1.44 bits per heavy atom. The molecule has 0 aromatic rings. The van der Waals surface area contributed by atoms with Crippen molar-refractivity contribution in [2.45, 2.75) is 63.6 Å². The van der Waals surface area contributed by atoms with Crippen LogP contribution in [0, 0.1) is 5.92 Å². The molecule has 4 unspecified atom stereocenters. The van der Waals surface area contributed by atoms with Gasteiger partial charge in [-0.3, -0.25) is 9.59 Å². The summed E-state index contributed by atoms with van der Waals surface area (Å²) in [6.45, 7) is 2.07. The molecule has 0 aliphatic carbocycles. The van der Waals surface area contributed by atoms with E-state index >= 15 is 0 Å². The lowest BCUT2D eigenvalue weighted by Crippen LogP contribution is -2.47. The maximum Gasteiger partial charge on any atom is 0.308 e. The number of nitrogens with zero attached hydrogens (tertiary/aromatic N) is 1. The van der Waals surface area contributed by atoms with Crippen LogP contribution in [0.1, 0.15) is 45.4 Å². The lowest BCUT2D eigenvalue weighted by atomic mass is 9.89. The molecule has 0 saturated carbocycles. The zero-order chi connectivity index (χ0) is 13.3. The van der Waals surface area contributed by atoms with Crippen LogP contribution in [0.5, 0.6) is 0 Å². The van der Waals surface area contributed by atoms with E-state index in [2.05, 4.69) is 6.92 Å². The topological polar surface area (TPSA) is 83.6 Å².